The maximum Gasteiger partial charge on any atom is 0.0671 e. The van der Waals surface area contributed by atoms with Crippen molar-refractivity contribution in [2.24, 2.45) is 0 Å². The highest BCUT2D eigenvalue weighted by Crippen LogP contribution is 2.35. The Morgan fingerprint density at radius 2 is 1.90 bits per heavy atom. The molecule has 1 atom stereocenters. The molecule has 104 valence electrons. The maximum atomic E-state index is 3.69. The number of nitrogens with one attached hydrogen (secondary N) is 1. The minimum absolute atomic E-state index is 0.320. The van der Waals surface area contributed by atoms with Gasteiger partial charge in [0.15, 0.2) is 0 Å². The van der Waals surface area contributed by atoms with Gasteiger partial charge in [-0.05, 0) is 43.0 Å². The molecule has 0 aliphatic heterocycles. The van der Waals surface area contributed by atoms with E-state index < -0.39 is 0 Å². The van der Waals surface area contributed by atoms with Crippen LogP contribution in [0.15, 0.2) is 41.8 Å². The molecule has 1 unspecified atom stereocenters. The molecule has 0 radical (unpaired) electrons. The first-order chi connectivity index (χ1) is 9.78. The van der Waals surface area contributed by atoms with Crippen molar-refractivity contribution >= 4 is 32.1 Å². The molecule has 1 aromatic carbocycles. The van der Waals surface area contributed by atoms with Gasteiger partial charge >= 0.3 is 0 Å². The van der Waals surface area contributed by atoms with Gasteiger partial charge in [0.1, 0.15) is 0 Å². The topological polar surface area (TPSA) is 12.0 Å². The highest BCUT2D eigenvalue weighted by Gasteiger charge is 2.16. The number of hydrogen-bond acceptors (Lipinski definition) is 3. The maximum absolute atomic E-state index is 3.69. The van der Waals surface area contributed by atoms with Gasteiger partial charge in [-0.1, -0.05) is 36.8 Å². The van der Waals surface area contributed by atoms with Gasteiger partial charge in [-0.15, -0.1) is 22.7 Å². The number of benzene rings is 1. The van der Waals surface area contributed by atoms with E-state index >= 15 is 0 Å². The average molecular weight is 301 g/mol. The van der Waals surface area contributed by atoms with Gasteiger partial charge in [0.2, 0.25) is 0 Å². The minimum atomic E-state index is 0.320. The predicted molar refractivity (Wildman–Crippen MR) is 91.0 cm³/mol. The molecule has 0 bridgehead atoms. The van der Waals surface area contributed by atoms with Crippen LogP contribution in [-0.2, 0) is 0 Å². The molecule has 2 aromatic heterocycles. The van der Waals surface area contributed by atoms with E-state index in [1.54, 1.807) is 0 Å². The zero-order chi connectivity index (χ0) is 13.9. The normalized spacial score (nSPS) is 12.9. The summed E-state index contributed by atoms with van der Waals surface area (Å²) in [6, 6.07) is 13.8. The molecule has 0 aliphatic rings. The monoisotopic (exact) mass is 301 g/mol. The molecule has 2 heterocycles. The molecule has 0 saturated carbocycles. The van der Waals surface area contributed by atoms with Gasteiger partial charge in [-0.3, -0.25) is 0 Å². The van der Waals surface area contributed by atoms with Gasteiger partial charge < -0.3 is 5.32 Å². The Bertz CT molecular complexity index is 650. The number of aryl methyl sites for hydroxylation is 1. The van der Waals surface area contributed by atoms with Gasteiger partial charge in [-0.2, -0.15) is 0 Å². The van der Waals surface area contributed by atoms with E-state index in [9.17, 15) is 0 Å². The zero-order valence-corrected chi connectivity index (χ0v) is 13.5. The largest absolute Gasteiger partial charge is 0.306 e. The van der Waals surface area contributed by atoms with Crippen LogP contribution in [-0.4, -0.2) is 6.54 Å². The smallest absolute Gasteiger partial charge is 0.0671 e. The molecule has 0 saturated heterocycles. The fourth-order valence-electron chi connectivity index (χ4n) is 2.36. The summed E-state index contributed by atoms with van der Waals surface area (Å²) in [4.78, 5) is 1.42. The molecular formula is C17H19NS2. The Hall–Kier alpha value is -1.16. The molecule has 1 N–H and O–H groups in total. The Morgan fingerprint density at radius 1 is 1.10 bits per heavy atom. The summed E-state index contributed by atoms with van der Waals surface area (Å²) in [5, 5.41) is 5.86. The van der Waals surface area contributed by atoms with Gasteiger partial charge in [0, 0.05) is 14.3 Å². The first kappa shape index (κ1) is 13.8. The van der Waals surface area contributed by atoms with Crippen LogP contribution in [0.25, 0.3) is 9.40 Å². The number of fused-ring (bicyclic) bond motifs is 1. The second kappa shape index (κ2) is 6.08. The quantitative estimate of drug-likeness (QED) is 0.669. The molecule has 20 heavy (non-hydrogen) atoms. The molecule has 3 aromatic rings. The Balaban J connectivity index is 1.96. The summed E-state index contributed by atoms with van der Waals surface area (Å²) < 4.78 is 2.81. The van der Waals surface area contributed by atoms with Crippen LogP contribution in [0, 0.1) is 6.92 Å². The number of thiophene rings is 2. The molecule has 0 spiro atoms. The summed E-state index contributed by atoms with van der Waals surface area (Å²) in [5.41, 5.74) is 2.67. The third-order valence-electron chi connectivity index (χ3n) is 3.45. The highest BCUT2D eigenvalue weighted by atomic mass is 32.1. The first-order valence-electron chi connectivity index (χ1n) is 7.05. The molecule has 0 fully saturated rings. The lowest BCUT2D eigenvalue weighted by Crippen LogP contribution is -2.22. The fraction of sp³-hybridized carbons (Fsp3) is 0.294. The van der Waals surface area contributed by atoms with Crippen LogP contribution < -0.4 is 5.32 Å². The lowest BCUT2D eigenvalue weighted by atomic mass is 10.0. The van der Waals surface area contributed by atoms with Crippen molar-refractivity contribution < 1.29 is 0 Å². The summed E-state index contributed by atoms with van der Waals surface area (Å²) in [6.07, 6.45) is 1.15. The van der Waals surface area contributed by atoms with E-state index in [0.29, 0.717) is 6.04 Å². The van der Waals surface area contributed by atoms with E-state index in [2.05, 4.69) is 60.9 Å². The summed E-state index contributed by atoms with van der Waals surface area (Å²) in [7, 11) is 0. The van der Waals surface area contributed by atoms with Crippen molar-refractivity contribution in [1.82, 2.24) is 5.32 Å². The van der Waals surface area contributed by atoms with Crippen LogP contribution in [0.5, 0.6) is 0 Å². The first-order valence-corrected chi connectivity index (χ1v) is 8.74. The van der Waals surface area contributed by atoms with Crippen LogP contribution in [0.1, 0.15) is 35.4 Å². The lowest BCUT2D eigenvalue weighted by molar-refractivity contribution is 0.606. The molecule has 3 heteroatoms. The highest BCUT2D eigenvalue weighted by molar-refractivity contribution is 7.27. The second-order valence-electron chi connectivity index (χ2n) is 5.10. The van der Waals surface area contributed by atoms with Crippen LogP contribution >= 0.6 is 22.7 Å². The SMILES string of the molecule is CCCNC(c1ccc(C)cc1)c1cc2sccc2s1. The van der Waals surface area contributed by atoms with Crippen molar-refractivity contribution in [1.29, 1.82) is 0 Å². The summed E-state index contributed by atoms with van der Waals surface area (Å²) in [6.45, 7) is 5.40. The van der Waals surface area contributed by atoms with Crippen LogP contribution in [0.4, 0.5) is 0 Å². The molecule has 1 nitrogen and oxygen atoms in total. The minimum Gasteiger partial charge on any atom is -0.306 e. The van der Waals surface area contributed by atoms with E-state index in [0.717, 1.165) is 13.0 Å². The Kier molecular flexibility index (Phi) is 4.20. The lowest BCUT2D eigenvalue weighted by Gasteiger charge is -2.18. The Labute approximate surface area is 128 Å². The van der Waals surface area contributed by atoms with Crippen molar-refractivity contribution in [3.8, 4) is 0 Å². The fourth-order valence-corrected chi connectivity index (χ4v) is 4.58. The number of hydrogen-bond donors (Lipinski definition) is 1. The predicted octanol–water partition coefficient (Wildman–Crippen LogP) is 5.36. The van der Waals surface area contributed by atoms with E-state index in [1.165, 1.54) is 25.4 Å². The molecular weight excluding hydrogens is 282 g/mol. The van der Waals surface area contributed by atoms with E-state index in [-0.39, 0.29) is 0 Å². The van der Waals surface area contributed by atoms with Gasteiger partial charge in [0.05, 0.1) is 6.04 Å². The van der Waals surface area contributed by atoms with Crippen molar-refractivity contribution in [3.05, 3.63) is 57.8 Å². The average Bonchev–Trinajstić information content (AvgIpc) is 3.02. The van der Waals surface area contributed by atoms with E-state index in [4.69, 9.17) is 0 Å². The third kappa shape index (κ3) is 2.80. The summed E-state index contributed by atoms with van der Waals surface area (Å²) >= 11 is 3.74. The van der Waals surface area contributed by atoms with Gasteiger partial charge in [-0.25, -0.2) is 0 Å². The second-order valence-corrected chi connectivity index (χ2v) is 7.16. The zero-order valence-electron chi connectivity index (χ0n) is 11.8. The molecule has 0 amide bonds. The molecule has 3 rings (SSSR count). The van der Waals surface area contributed by atoms with E-state index in [1.807, 2.05) is 22.7 Å². The van der Waals surface area contributed by atoms with Gasteiger partial charge in [0.25, 0.3) is 0 Å². The standard InChI is InChI=1S/C17H19NS2/c1-3-9-18-17(13-6-4-12(2)5-7-13)16-11-15-14(20-16)8-10-19-15/h4-8,10-11,17-18H,3,9H2,1-2H3. The van der Waals surface area contributed by atoms with Crippen molar-refractivity contribution in [3.63, 3.8) is 0 Å². The third-order valence-corrected chi connectivity index (χ3v) is 5.61. The van der Waals surface area contributed by atoms with Crippen molar-refractivity contribution in [2.45, 2.75) is 26.3 Å². The number of rotatable bonds is 5. The van der Waals surface area contributed by atoms with Crippen molar-refractivity contribution in [2.75, 3.05) is 6.54 Å². The Morgan fingerprint density at radius 3 is 2.60 bits per heavy atom. The van der Waals surface area contributed by atoms with Crippen LogP contribution in [0.3, 0.4) is 0 Å². The molecule has 0 aliphatic carbocycles. The van der Waals surface area contributed by atoms with Crippen LogP contribution in [0.2, 0.25) is 0 Å². The summed E-state index contributed by atoms with van der Waals surface area (Å²) in [5.74, 6) is 0.